The van der Waals surface area contributed by atoms with Gasteiger partial charge in [0.1, 0.15) is 0 Å². The monoisotopic (exact) mass is 714 g/mol. The molecule has 0 aliphatic rings. The van der Waals surface area contributed by atoms with Crippen molar-refractivity contribution in [3.8, 4) is 50.3 Å². The van der Waals surface area contributed by atoms with Crippen LogP contribution in [-0.2, 0) is 0 Å². The summed E-state index contributed by atoms with van der Waals surface area (Å²) in [5.74, 6) is 0. The largest absolute Gasteiger partial charge is 0.310 e. The van der Waals surface area contributed by atoms with Crippen molar-refractivity contribution in [2.24, 2.45) is 0 Å². The van der Waals surface area contributed by atoms with Crippen molar-refractivity contribution in [3.63, 3.8) is 0 Å². The lowest BCUT2D eigenvalue weighted by Crippen LogP contribution is -2.09. The van der Waals surface area contributed by atoms with E-state index in [1.54, 1.807) is 0 Å². The molecule has 1 aromatic heterocycles. The summed E-state index contributed by atoms with van der Waals surface area (Å²) in [6.07, 6.45) is 0. The van der Waals surface area contributed by atoms with Gasteiger partial charge in [-0.25, -0.2) is 0 Å². The average molecular weight is 715 g/mol. The van der Waals surface area contributed by atoms with Gasteiger partial charge in [-0.15, -0.1) is 0 Å². The number of para-hydroxylation sites is 1. The average Bonchev–Trinajstić information content (AvgIpc) is 3.64. The molecule has 0 saturated heterocycles. The fraction of sp³-hybridized carbons (Fsp3) is 0. The summed E-state index contributed by atoms with van der Waals surface area (Å²) in [6.45, 7) is 0. The van der Waals surface area contributed by atoms with E-state index < -0.39 is 0 Å². The van der Waals surface area contributed by atoms with E-state index in [1.807, 2.05) is 0 Å². The zero-order valence-corrected chi connectivity index (χ0v) is 30.8. The molecule has 0 amide bonds. The Bertz CT molecular complexity index is 2820. The number of rotatable bonds is 8. The molecular formula is C54H38N2. The summed E-state index contributed by atoms with van der Waals surface area (Å²) in [5.41, 5.74) is 15.2. The summed E-state index contributed by atoms with van der Waals surface area (Å²) in [6, 6.07) is 83.0. The van der Waals surface area contributed by atoms with Gasteiger partial charge >= 0.3 is 0 Å². The van der Waals surface area contributed by atoms with Crippen molar-refractivity contribution in [3.05, 3.63) is 231 Å². The van der Waals surface area contributed by atoms with Gasteiger partial charge in [0.05, 0.1) is 11.2 Å². The second kappa shape index (κ2) is 14.4. The van der Waals surface area contributed by atoms with Gasteiger partial charge in [-0.3, -0.25) is 0 Å². The summed E-state index contributed by atoms with van der Waals surface area (Å²) < 4.78 is 2.44. The van der Waals surface area contributed by atoms with Crippen LogP contribution in [0.1, 0.15) is 0 Å². The standard InChI is InChI=1S/C54H38N2/c1-6-16-39(17-7-1)41-26-31-47(32-27-41)55(48-33-28-42(29-34-48)40-18-8-2-9-19-40)49-35-36-50-45(38-49)30-37-51-53(50)52(43-20-10-3-11-21-43)54(44-22-12-4-13-23-44)56(51)46-24-14-5-15-25-46/h1-38H. The Kier molecular flexibility index (Phi) is 8.55. The zero-order valence-electron chi connectivity index (χ0n) is 30.8. The van der Waals surface area contributed by atoms with E-state index in [0.29, 0.717) is 0 Å². The molecule has 0 aliphatic heterocycles. The van der Waals surface area contributed by atoms with Crippen molar-refractivity contribution in [2.75, 3.05) is 4.90 Å². The van der Waals surface area contributed by atoms with Crippen molar-refractivity contribution >= 4 is 38.7 Å². The van der Waals surface area contributed by atoms with Gasteiger partial charge in [0, 0.05) is 33.7 Å². The van der Waals surface area contributed by atoms with Crippen molar-refractivity contribution < 1.29 is 0 Å². The normalized spacial score (nSPS) is 11.2. The molecule has 2 nitrogen and oxygen atoms in total. The van der Waals surface area contributed by atoms with Crippen LogP contribution in [0.5, 0.6) is 0 Å². The highest BCUT2D eigenvalue weighted by Gasteiger charge is 2.23. The van der Waals surface area contributed by atoms with Gasteiger partial charge in [-0.1, -0.05) is 176 Å². The maximum absolute atomic E-state index is 2.44. The highest BCUT2D eigenvalue weighted by atomic mass is 15.1. The molecule has 264 valence electrons. The third-order valence-corrected chi connectivity index (χ3v) is 10.8. The molecule has 0 aliphatic carbocycles. The van der Waals surface area contributed by atoms with E-state index in [1.165, 1.54) is 66.3 Å². The van der Waals surface area contributed by atoms with Crippen LogP contribution in [0.2, 0.25) is 0 Å². The van der Waals surface area contributed by atoms with Gasteiger partial charge in [0.25, 0.3) is 0 Å². The first kappa shape index (κ1) is 33.2. The van der Waals surface area contributed by atoms with Crippen LogP contribution in [0.25, 0.3) is 72.0 Å². The maximum atomic E-state index is 2.44. The van der Waals surface area contributed by atoms with Crippen LogP contribution < -0.4 is 4.90 Å². The van der Waals surface area contributed by atoms with E-state index >= 15 is 0 Å². The third kappa shape index (κ3) is 6.04. The molecule has 2 heteroatoms. The lowest BCUT2D eigenvalue weighted by molar-refractivity contribution is 1.14. The first-order chi connectivity index (χ1) is 27.8. The molecule has 10 aromatic rings. The van der Waals surface area contributed by atoms with Crippen LogP contribution in [0.15, 0.2) is 231 Å². The van der Waals surface area contributed by atoms with Crippen LogP contribution in [0, 0.1) is 0 Å². The minimum Gasteiger partial charge on any atom is -0.310 e. The second-order valence-electron chi connectivity index (χ2n) is 14.2. The molecule has 0 N–H and O–H groups in total. The Labute approximate surface area is 327 Å². The van der Waals surface area contributed by atoms with Crippen LogP contribution in [-0.4, -0.2) is 4.57 Å². The number of hydrogen-bond acceptors (Lipinski definition) is 1. The number of nitrogens with zero attached hydrogens (tertiary/aromatic N) is 2. The maximum Gasteiger partial charge on any atom is 0.0619 e. The summed E-state index contributed by atoms with van der Waals surface area (Å²) in [7, 11) is 0. The van der Waals surface area contributed by atoms with Gasteiger partial charge in [-0.05, 0) is 98.8 Å². The van der Waals surface area contributed by atoms with E-state index in [4.69, 9.17) is 0 Å². The number of fused-ring (bicyclic) bond motifs is 3. The lowest BCUT2D eigenvalue weighted by Gasteiger charge is -2.26. The molecule has 56 heavy (non-hydrogen) atoms. The lowest BCUT2D eigenvalue weighted by atomic mass is 9.95. The predicted molar refractivity (Wildman–Crippen MR) is 237 cm³/mol. The van der Waals surface area contributed by atoms with E-state index in [9.17, 15) is 0 Å². The Morgan fingerprint density at radius 1 is 0.321 bits per heavy atom. The minimum atomic E-state index is 1.10. The number of benzene rings is 9. The fourth-order valence-electron chi connectivity index (χ4n) is 8.16. The number of hydrogen-bond donors (Lipinski definition) is 0. The molecule has 0 fully saturated rings. The van der Waals surface area contributed by atoms with Gasteiger partial charge in [-0.2, -0.15) is 0 Å². The predicted octanol–water partition coefficient (Wildman–Crippen LogP) is 14.9. The van der Waals surface area contributed by atoms with Crippen LogP contribution in [0.3, 0.4) is 0 Å². The summed E-state index contributed by atoms with van der Waals surface area (Å²) in [4.78, 5) is 2.37. The smallest absolute Gasteiger partial charge is 0.0619 e. The summed E-state index contributed by atoms with van der Waals surface area (Å²) in [5, 5.41) is 3.65. The Hall–Kier alpha value is -7.42. The van der Waals surface area contributed by atoms with Gasteiger partial charge in [0.15, 0.2) is 0 Å². The first-order valence-corrected chi connectivity index (χ1v) is 19.2. The second-order valence-corrected chi connectivity index (χ2v) is 14.2. The molecule has 10 rings (SSSR count). The van der Waals surface area contributed by atoms with Gasteiger partial charge < -0.3 is 9.47 Å². The van der Waals surface area contributed by atoms with Crippen molar-refractivity contribution in [1.82, 2.24) is 4.57 Å². The van der Waals surface area contributed by atoms with Crippen LogP contribution in [0.4, 0.5) is 17.1 Å². The number of anilines is 3. The van der Waals surface area contributed by atoms with Crippen molar-refractivity contribution in [1.29, 1.82) is 0 Å². The fourth-order valence-corrected chi connectivity index (χ4v) is 8.16. The molecule has 0 spiro atoms. The highest BCUT2D eigenvalue weighted by Crippen LogP contribution is 2.47. The Morgan fingerprint density at radius 3 is 1.27 bits per heavy atom. The first-order valence-electron chi connectivity index (χ1n) is 19.2. The molecule has 0 unspecified atom stereocenters. The molecule has 0 atom stereocenters. The summed E-state index contributed by atoms with van der Waals surface area (Å²) >= 11 is 0. The van der Waals surface area contributed by atoms with Crippen LogP contribution >= 0.6 is 0 Å². The van der Waals surface area contributed by atoms with E-state index in [-0.39, 0.29) is 0 Å². The number of aromatic nitrogens is 1. The molecule has 0 bridgehead atoms. The Morgan fingerprint density at radius 2 is 0.750 bits per heavy atom. The Balaban J connectivity index is 1.18. The van der Waals surface area contributed by atoms with Gasteiger partial charge in [0.2, 0.25) is 0 Å². The van der Waals surface area contributed by atoms with E-state index in [2.05, 4.69) is 240 Å². The molecule has 1 heterocycles. The minimum absolute atomic E-state index is 1.10. The third-order valence-electron chi connectivity index (χ3n) is 10.8. The quantitative estimate of drug-likeness (QED) is 0.152. The van der Waals surface area contributed by atoms with Crippen molar-refractivity contribution in [2.45, 2.75) is 0 Å². The molecular weight excluding hydrogens is 677 g/mol. The van der Waals surface area contributed by atoms with E-state index in [0.717, 1.165) is 22.7 Å². The molecule has 0 saturated carbocycles. The molecule has 0 radical (unpaired) electrons. The topological polar surface area (TPSA) is 8.17 Å². The SMILES string of the molecule is c1ccc(-c2ccc(N(c3ccc(-c4ccccc4)cc3)c3ccc4c(ccc5c4c(-c4ccccc4)c(-c4ccccc4)n5-c4ccccc4)c3)cc2)cc1. The highest BCUT2D eigenvalue weighted by molar-refractivity contribution is 6.19. The molecule has 9 aromatic carbocycles. The zero-order chi connectivity index (χ0) is 37.3.